The number of amides is 2. The predicted octanol–water partition coefficient (Wildman–Crippen LogP) is 2.78. The molecule has 0 fully saturated rings. The van der Waals surface area contributed by atoms with Crippen molar-refractivity contribution in [2.45, 2.75) is 52.2 Å². The van der Waals surface area contributed by atoms with Gasteiger partial charge in [0, 0.05) is 18.3 Å². The van der Waals surface area contributed by atoms with Crippen molar-refractivity contribution in [1.82, 2.24) is 14.9 Å². The Hall–Kier alpha value is -3.66. The second-order valence-corrected chi connectivity index (χ2v) is 8.92. The Morgan fingerprint density at radius 2 is 1.91 bits per heavy atom. The lowest BCUT2D eigenvalue weighted by molar-refractivity contribution is -0.121. The van der Waals surface area contributed by atoms with E-state index < -0.39 is 23.2 Å². The minimum Gasteiger partial charge on any atom is -0.383 e. The molecule has 10 heteroatoms. The smallest absolute Gasteiger partial charge is 0.330 e. The quantitative estimate of drug-likeness (QED) is 0.408. The number of carbonyl (C=O) groups excluding carboxylic acids is 2. The highest BCUT2D eigenvalue weighted by Crippen LogP contribution is 2.26. The lowest BCUT2D eigenvalue weighted by Crippen LogP contribution is -2.42. The van der Waals surface area contributed by atoms with E-state index in [4.69, 9.17) is 5.73 Å². The fraction of sp³-hybridized carbons (Fsp3) is 0.333. The van der Waals surface area contributed by atoms with Crippen LogP contribution >= 0.6 is 11.3 Å². The number of carbonyl (C=O) groups is 2. The lowest BCUT2D eigenvalue weighted by Gasteiger charge is -2.26. The Bertz CT molecular complexity index is 1230. The molecule has 0 aliphatic heterocycles. The molecule has 9 nitrogen and oxygen atoms in total. The van der Waals surface area contributed by atoms with E-state index in [9.17, 15) is 19.2 Å². The molecule has 0 aliphatic carbocycles. The number of hydrogen-bond acceptors (Lipinski definition) is 6. The van der Waals surface area contributed by atoms with Crippen LogP contribution in [0.4, 0.5) is 11.5 Å². The van der Waals surface area contributed by atoms with Gasteiger partial charge in [-0.05, 0) is 23.4 Å². The van der Waals surface area contributed by atoms with Gasteiger partial charge in [-0.15, -0.1) is 11.3 Å². The van der Waals surface area contributed by atoms with Gasteiger partial charge < -0.3 is 11.1 Å². The number of hydrogen-bond donors (Lipinski definition) is 3. The molecule has 0 spiro atoms. The molecule has 0 saturated heterocycles. The second kappa shape index (κ2) is 11.5. The number of aromatic nitrogens is 2. The van der Waals surface area contributed by atoms with Crippen LogP contribution in [0.2, 0.25) is 0 Å². The normalized spacial score (nSPS) is 11.7. The minimum atomic E-state index is -0.730. The summed E-state index contributed by atoms with van der Waals surface area (Å²) in [6.07, 6.45) is 1.43. The zero-order chi connectivity index (χ0) is 24.7. The van der Waals surface area contributed by atoms with Crippen LogP contribution in [0.3, 0.4) is 0 Å². The molecule has 4 N–H and O–H groups in total. The summed E-state index contributed by atoms with van der Waals surface area (Å²) in [6.45, 7) is 3.77. The van der Waals surface area contributed by atoms with Gasteiger partial charge in [-0.3, -0.25) is 28.8 Å². The molecule has 3 rings (SSSR count). The van der Waals surface area contributed by atoms with Crippen molar-refractivity contribution in [3.05, 3.63) is 79.1 Å². The maximum absolute atomic E-state index is 13.6. The number of nitrogens with two attached hydrogens (primary N) is 1. The fourth-order valence-electron chi connectivity index (χ4n) is 3.68. The average Bonchev–Trinajstić information content (AvgIpc) is 3.33. The molecule has 0 bridgehead atoms. The van der Waals surface area contributed by atoms with E-state index in [-0.39, 0.29) is 30.4 Å². The first-order valence-corrected chi connectivity index (χ1v) is 12.0. The Labute approximate surface area is 201 Å². The monoisotopic (exact) mass is 483 g/mol. The van der Waals surface area contributed by atoms with Gasteiger partial charge in [-0.1, -0.05) is 49.7 Å². The van der Waals surface area contributed by atoms with Gasteiger partial charge in [-0.25, -0.2) is 4.79 Å². The van der Waals surface area contributed by atoms with E-state index in [0.29, 0.717) is 13.0 Å². The van der Waals surface area contributed by atoms with Crippen LogP contribution in [-0.4, -0.2) is 21.4 Å². The van der Waals surface area contributed by atoms with E-state index in [1.807, 2.05) is 54.8 Å². The van der Waals surface area contributed by atoms with Gasteiger partial charge in [0.2, 0.25) is 11.8 Å². The number of nitrogens with zero attached hydrogens (tertiary/aromatic N) is 2. The van der Waals surface area contributed by atoms with Crippen LogP contribution in [0.25, 0.3) is 0 Å². The van der Waals surface area contributed by atoms with Crippen LogP contribution in [-0.2, 0) is 22.7 Å². The summed E-state index contributed by atoms with van der Waals surface area (Å²) in [5.74, 6) is -0.737. The van der Waals surface area contributed by atoms with Crippen molar-refractivity contribution in [2.75, 3.05) is 10.6 Å². The van der Waals surface area contributed by atoms with Crippen LogP contribution in [0.1, 0.15) is 49.6 Å². The molecule has 1 unspecified atom stereocenters. The molecule has 1 aromatic carbocycles. The third-order valence-corrected chi connectivity index (χ3v) is 6.33. The molecule has 0 aliphatic rings. The molecule has 2 heterocycles. The van der Waals surface area contributed by atoms with Crippen LogP contribution in [0.5, 0.6) is 0 Å². The van der Waals surface area contributed by atoms with Crippen molar-refractivity contribution in [3.8, 4) is 0 Å². The number of anilines is 2. The van der Waals surface area contributed by atoms with Crippen LogP contribution in [0.15, 0.2) is 57.4 Å². The molecule has 2 aromatic heterocycles. The van der Waals surface area contributed by atoms with Crippen LogP contribution < -0.4 is 27.2 Å². The molecule has 2 amide bonds. The molecule has 3 aromatic rings. The number of unbranched alkanes of at least 4 members (excludes halogenated alkanes) is 1. The van der Waals surface area contributed by atoms with E-state index >= 15 is 0 Å². The third-order valence-electron chi connectivity index (χ3n) is 5.35. The van der Waals surface area contributed by atoms with Crippen molar-refractivity contribution in [1.29, 1.82) is 0 Å². The highest BCUT2D eigenvalue weighted by Gasteiger charge is 2.28. The molecule has 180 valence electrons. The van der Waals surface area contributed by atoms with Gasteiger partial charge >= 0.3 is 5.69 Å². The number of thiophene rings is 1. The highest BCUT2D eigenvalue weighted by atomic mass is 32.1. The summed E-state index contributed by atoms with van der Waals surface area (Å²) in [7, 11) is 0. The molecule has 1 atom stereocenters. The van der Waals surface area contributed by atoms with Crippen molar-refractivity contribution < 1.29 is 9.59 Å². The zero-order valence-electron chi connectivity index (χ0n) is 19.2. The molecule has 34 heavy (non-hydrogen) atoms. The van der Waals surface area contributed by atoms with Crippen molar-refractivity contribution in [2.24, 2.45) is 0 Å². The zero-order valence-corrected chi connectivity index (χ0v) is 20.1. The van der Waals surface area contributed by atoms with E-state index in [1.165, 1.54) is 27.7 Å². The van der Waals surface area contributed by atoms with Gasteiger partial charge in [-0.2, -0.15) is 0 Å². The summed E-state index contributed by atoms with van der Waals surface area (Å²) < 4.78 is 1.29. The summed E-state index contributed by atoms with van der Waals surface area (Å²) in [6, 6.07) is 12.3. The number of aromatic amines is 1. The van der Waals surface area contributed by atoms with Crippen molar-refractivity contribution >= 4 is 34.7 Å². The second-order valence-electron chi connectivity index (χ2n) is 7.94. The lowest BCUT2D eigenvalue weighted by atomic mass is 10.1. The Morgan fingerprint density at radius 3 is 2.53 bits per heavy atom. The summed E-state index contributed by atoms with van der Waals surface area (Å²) in [4.78, 5) is 55.2. The highest BCUT2D eigenvalue weighted by molar-refractivity contribution is 7.10. The molecule has 0 radical (unpaired) electrons. The van der Waals surface area contributed by atoms with Gasteiger partial charge in [0.1, 0.15) is 5.82 Å². The van der Waals surface area contributed by atoms with E-state index in [0.717, 1.165) is 16.9 Å². The first kappa shape index (κ1) is 25.0. The maximum Gasteiger partial charge on any atom is 0.330 e. The standard InChI is InChI=1S/C24H29N5O4S/c1-3-4-12-28-22(25)21(23(32)27-24(28)33)29(15-17-9-6-5-7-10-17)20(31)14-18(26-16(2)30)19-11-8-13-34-19/h5-11,13,18H,3-4,12,14-15,25H2,1-2H3,(H,26,30)(H,27,32,33). The first-order chi connectivity index (χ1) is 16.3. The fourth-order valence-corrected chi connectivity index (χ4v) is 4.45. The number of rotatable bonds is 10. The maximum atomic E-state index is 13.6. The Kier molecular flexibility index (Phi) is 8.42. The molecular weight excluding hydrogens is 454 g/mol. The van der Waals surface area contributed by atoms with Gasteiger partial charge in [0.05, 0.1) is 19.0 Å². The largest absolute Gasteiger partial charge is 0.383 e. The minimum absolute atomic E-state index is 0.0568. The Morgan fingerprint density at radius 1 is 1.18 bits per heavy atom. The number of benzene rings is 1. The third kappa shape index (κ3) is 6.02. The van der Waals surface area contributed by atoms with Gasteiger partial charge in [0.15, 0.2) is 5.69 Å². The molecule has 0 saturated carbocycles. The topological polar surface area (TPSA) is 130 Å². The van der Waals surface area contributed by atoms with Crippen LogP contribution in [0, 0.1) is 0 Å². The summed E-state index contributed by atoms with van der Waals surface area (Å²) in [5, 5.41) is 4.68. The molecular formula is C24H29N5O4S. The average molecular weight is 484 g/mol. The number of H-pyrrole nitrogens is 1. The summed E-state index contributed by atoms with van der Waals surface area (Å²) >= 11 is 1.42. The van der Waals surface area contributed by atoms with Crippen molar-refractivity contribution in [3.63, 3.8) is 0 Å². The SMILES string of the molecule is CCCCn1c(N)c(N(Cc2ccccc2)C(=O)CC(NC(C)=O)c2cccs2)c(=O)[nH]c1=O. The summed E-state index contributed by atoms with van der Waals surface area (Å²) in [5.41, 5.74) is 5.68. The van der Waals surface area contributed by atoms with Gasteiger partial charge in [0.25, 0.3) is 5.56 Å². The predicted molar refractivity (Wildman–Crippen MR) is 134 cm³/mol. The number of nitrogen functional groups attached to an aromatic ring is 1. The number of nitrogens with one attached hydrogen (secondary N) is 2. The van der Waals surface area contributed by atoms with E-state index in [2.05, 4.69) is 10.3 Å². The first-order valence-electron chi connectivity index (χ1n) is 11.1. The Balaban J connectivity index is 2.05. The van der Waals surface area contributed by atoms with E-state index in [1.54, 1.807) is 0 Å².